The first-order valence-electron chi connectivity index (χ1n) is 8.45. The third-order valence-corrected chi connectivity index (χ3v) is 5.17. The van der Waals surface area contributed by atoms with E-state index in [1.807, 2.05) is 0 Å². The zero-order valence-corrected chi connectivity index (χ0v) is 14.7. The highest BCUT2D eigenvalue weighted by Crippen LogP contribution is 2.39. The summed E-state index contributed by atoms with van der Waals surface area (Å²) in [7, 11) is 0. The van der Waals surface area contributed by atoms with E-state index in [-0.39, 0.29) is 42.1 Å². The molecule has 3 unspecified atom stereocenters. The minimum absolute atomic E-state index is 0. The number of nitrogens with two attached hydrogens (primary N) is 1. The fraction of sp³-hybridized carbons (Fsp3) is 0.647. The lowest BCUT2D eigenvalue weighted by molar-refractivity contribution is -0.124. The van der Waals surface area contributed by atoms with Gasteiger partial charge in [0.15, 0.2) is 5.76 Å². The van der Waals surface area contributed by atoms with Gasteiger partial charge in [0.05, 0.1) is 6.26 Å². The topological polar surface area (TPSA) is 97.4 Å². The maximum atomic E-state index is 12.4. The lowest BCUT2D eigenvalue weighted by Gasteiger charge is -2.45. The van der Waals surface area contributed by atoms with Gasteiger partial charge in [0, 0.05) is 12.1 Å². The van der Waals surface area contributed by atoms with Gasteiger partial charge in [0.25, 0.3) is 5.91 Å². The molecule has 1 aromatic heterocycles. The molecule has 3 rings (SSSR count). The molecule has 0 aliphatic heterocycles. The van der Waals surface area contributed by atoms with Crippen LogP contribution in [0.3, 0.4) is 0 Å². The molecule has 0 saturated heterocycles. The van der Waals surface area contributed by atoms with Gasteiger partial charge < -0.3 is 20.8 Å². The second kappa shape index (κ2) is 8.03. The Kier molecular flexibility index (Phi) is 6.29. The smallest absolute Gasteiger partial charge is 0.287 e. The Hall–Kier alpha value is -1.53. The van der Waals surface area contributed by atoms with Crippen molar-refractivity contribution in [2.24, 2.45) is 17.6 Å². The van der Waals surface area contributed by atoms with Gasteiger partial charge in [0.1, 0.15) is 6.04 Å². The van der Waals surface area contributed by atoms with Gasteiger partial charge in [0.2, 0.25) is 5.91 Å². The number of furan rings is 1. The standard InChI is InChI=1S/C17H25N3O3.ClH/c1-10(19-17(22)14-6-3-7-23-14)16(21)20-15-11-4-2-5-12(15)9-13(18)8-11;/h3,6-7,10-13,15H,2,4-5,8-9,18H2,1H3,(H,19,22)(H,20,21);1H. The molecule has 1 aromatic rings. The van der Waals surface area contributed by atoms with Crippen molar-refractivity contribution in [2.75, 3.05) is 0 Å². The highest BCUT2D eigenvalue weighted by molar-refractivity contribution is 5.95. The third-order valence-electron chi connectivity index (χ3n) is 5.17. The summed E-state index contributed by atoms with van der Waals surface area (Å²) in [5, 5.41) is 5.83. The van der Waals surface area contributed by atoms with E-state index >= 15 is 0 Å². The van der Waals surface area contributed by atoms with Crippen LogP contribution in [-0.4, -0.2) is 29.9 Å². The van der Waals surface area contributed by atoms with Gasteiger partial charge >= 0.3 is 0 Å². The second-order valence-corrected chi connectivity index (χ2v) is 6.89. The normalized spacial score (nSPS) is 29.9. The molecule has 6 nitrogen and oxygen atoms in total. The predicted octanol–water partition coefficient (Wildman–Crippen LogP) is 1.84. The van der Waals surface area contributed by atoms with Crippen LogP contribution < -0.4 is 16.4 Å². The summed E-state index contributed by atoms with van der Waals surface area (Å²) in [5.41, 5.74) is 6.12. The van der Waals surface area contributed by atoms with Crippen molar-refractivity contribution in [2.45, 2.75) is 57.2 Å². The largest absolute Gasteiger partial charge is 0.459 e. The zero-order chi connectivity index (χ0) is 16.4. The van der Waals surface area contributed by atoms with Crippen molar-refractivity contribution in [1.82, 2.24) is 10.6 Å². The Balaban J connectivity index is 0.00000208. The summed E-state index contributed by atoms with van der Waals surface area (Å²) >= 11 is 0. The van der Waals surface area contributed by atoms with Crippen LogP contribution in [-0.2, 0) is 4.79 Å². The molecule has 2 aliphatic rings. The number of rotatable bonds is 4. The van der Waals surface area contributed by atoms with Crippen LogP contribution in [0.2, 0.25) is 0 Å². The summed E-state index contributed by atoms with van der Waals surface area (Å²) in [6.07, 6.45) is 6.87. The van der Waals surface area contributed by atoms with Gasteiger partial charge in [-0.25, -0.2) is 0 Å². The first kappa shape index (κ1) is 18.8. The van der Waals surface area contributed by atoms with E-state index in [9.17, 15) is 9.59 Å². The third kappa shape index (κ3) is 4.11. The van der Waals surface area contributed by atoms with E-state index in [2.05, 4.69) is 10.6 Å². The molecular weight excluding hydrogens is 330 g/mol. The lowest BCUT2D eigenvalue weighted by Crippen LogP contribution is -2.57. The fourth-order valence-corrected chi connectivity index (χ4v) is 4.06. The van der Waals surface area contributed by atoms with Crippen LogP contribution in [0.15, 0.2) is 22.8 Å². The van der Waals surface area contributed by atoms with Gasteiger partial charge in [-0.1, -0.05) is 6.42 Å². The van der Waals surface area contributed by atoms with Crippen molar-refractivity contribution in [3.8, 4) is 0 Å². The highest BCUT2D eigenvalue weighted by Gasteiger charge is 2.40. The van der Waals surface area contributed by atoms with E-state index in [0.717, 1.165) is 25.7 Å². The number of hydrogen-bond acceptors (Lipinski definition) is 4. The minimum Gasteiger partial charge on any atom is -0.459 e. The van der Waals surface area contributed by atoms with Crippen molar-refractivity contribution in [3.05, 3.63) is 24.2 Å². The molecule has 134 valence electrons. The molecular formula is C17H26ClN3O3. The number of halogens is 1. The van der Waals surface area contributed by atoms with Crippen LogP contribution in [0.5, 0.6) is 0 Å². The summed E-state index contributed by atoms with van der Waals surface area (Å²) in [6.45, 7) is 1.69. The van der Waals surface area contributed by atoms with Gasteiger partial charge in [-0.3, -0.25) is 9.59 Å². The summed E-state index contributed by atoms with van der Waals surface area (Å²) < 4.78 is 5.04. The number of hydrogen-bond donors (Lipinski definition) is 3. The number of carbonyl (C=O) groups excluding carboxylic acids is 2. The SMILES string of the molecule is CC(NC(=O)c1ccco1)C(=O)NC1C2CCCC1CC(N)C2.Cl. The Morgan fingerprint density at radius 3 is 2.54 bits per heavy atom. The molecule has 0 radical (unpaired) electrons. The van der Waals surface area contributed by atoms with E-state index in [4.69, 9.17) is 10.2 Å². The zero-order valence-electron chi connectivity index (χ0n) is 13.9. The Bertz CT molecular complexity index is 549. The average molecular weight is 356 g/mol. The fourth-order valence-electron chi connectivity index (χ4n) is 4.06. The molecule has 1 heterocycles. The van der Waals surface area contributed by atoms with Crippen LogP contribution in [0.25, 0.3) is 0 Å². The van der Waals surface area contributed by atoms with Crippen LogP contribution >= 0.6 is 12.4 Å². The molecule has 2 aliphatic carbocycles. The average Bonchev–Trinajstić information content (AvgIpc) is 3.02. The predicted molar refractivity (Wildman–Crippen MR) is 92.9 cm³/mol. The summed E-state index contributed by atoms with van der Waals surface area (Å²) in [5.74, 6) is 0.639. The van der Waals surface area contributed by atoms with Crippen molar-refractivity contribution in [1.29, 1.82) is 0 Å². The Labute approximate surface area is 148 Å². The minimum atomic E-state index is -0.594. The quantitative estimate of drug-likeness (QED) is 0.767. The molecule has 24 heavy (non-hydrogen) atoms. The van der Waals surface area contributed by atoms with E-state index < -0.39 is 6.04 Å². The summed E-state index contributed by atoms with van der Waals surface area (Å²) in [6, 6.07) is 3.08. The molecule has 2 saturated carbocycles. The van der Waals surface area contributed by atoms with Crippen molar-refractivity contribution < 1.29 is 14.0 Å². The summed E-state index contributed by atoms with van der Waals surface area (Å²) in [4.78, 5) is 24.4. The van der Waals surface area contributed by atoms with Gasteiger partial charge in [-0.2, -0.15) is 0 Å². The molecule has 2 fully saturated rings. The maximum Gasteiger partial charge on any atom is 0.287 e. The molecule has 7 heteroatoms. The van der Waals surface area contributed by atoms with Gasteiger partial charge in [-0.05, 0) is 56.6 Å². The Morgan fingerprint density at radius 2 is 1.96 bits per heavy atom. The number of carbonyl (C=O) groups is 2. The molecule has 0 aromatic carbocycles. The molecule has 2 amide bonds. The first-order chi connectivity index (χ1) is 11.0. The number of amides is 2. The second-order valence-electron chi connectivity index (χ2n) is 6.89. The number of fused-ring (bicyclic) bond motifs is 2. The van der Waals surface area contributed by atoms with Crippen molar-refractivity contribution >= 4 is 24.2 Å². The van der Waals surface area contributed by atoms with E-state index in [0.29, 0.717) is 11.8 Å². The highest BCUT2D eigenvalue weighted by atomic mass is 35.5. The lowest BCUT2D eigenvalue weighted by atomic mass is 9.67. The van der Waals surface area contributed by atoms with Crippen LogP contribution in [0, 0.1) is 11.8 Å². The molecule has 0 spiro atoms. The van der Waals surface area contributed by atoms with Crippen LogP contribution in [0.1, 0.15) is 49.6 Å². The molecule has 3 atom stereocenters. The van der Waals surface area contributed by atoms with Crippen molar-refractivity contribution in [3.63, 3.8) is 0 Å². The van der Waals surface area contributed by atoms with E-state index in [1.165, 1.54) is 12.7 Å². The maximum absolute atomic E-state index is 12.4. The van der Waals surface area contributed by atoms with E-state index in [1.54, 1.807) is 19.1 Å². The first-order valence-corrected chi connectivity index (χ1v) is 8.45. The van der Waals surface area contributed by atoms with Crippen LogP contribution in [0.4, 0.5) is 0 Å². The van der Waals surface area contributed by atoms with Gasteiger partial charge in [-0.15, -0.1) is 12.4 Å². The molecule has 2 bridgehead atoms. The number of nitrogens with one attached hydrogen (secondary N) is 2. The monoisotopic (exact) mass is 355 g/mol. The molecule has 4 N–H and O–H groups in total. The Morgan fingerprint density at radius 1 is 1.29 bits per heavy atom.